The topological polar surface area (TPSA) is 107 Å². The molecule has 1 aliphatic rings. The number of thioether (sulfide) groups is 1. The van der Waals surface area contributed by atoms with Gasteiger partial charge < -0.3 is 4.74 Å². The molecule has 31 heavy (non-hydrogen) atoms. The van der Waals surface area contributed by atoms with Crippen molar-refractivity contribution >= 4 is 35.2 Å². The number of ether oxygens (including phenoxy) is 1. The summed E-state index contributed by atoms with van der Waals surface area (Å²) in [7, 11) is 0. The number of hydrogen-bond acceptors (Lipinski definition) is 7. The number of benzene rings is 2. The van der Waals surface area contributed by atoms with Gasteiger partial charge in [0.25, 0.3) is 17.5 Å². The predicted molar refractivity (Wildman–Crippen MR) is 102 cm³/mol. The first kappa shape index (κ1) is 22.3. The molecule has 3 rings (SSSR count). The average molecular weight is 454 g/mol. The summed E-state index contributed by atoms with van der Waals surface area (Å²) >= 11 is 1.03. The van der Waals surface area contributed by atoms with E-state index in [1.165, 1.54) is 24.3 Å². The first-order valence-electron chi connectivity index (χ1n) is 8.69. The second-order valence-corrected chi connectivity index (χ2v) is 7.42. The van der Waals surface area contributed by atoms with Crippen LogP contribution >= 0.6 is 11.8 Å². The second kappa shape index (κ2) is 8.76. The number of amides is 2. The standard InChI is InChI=1S/C19H13F3N2O6S/c20-19(21,22)11-3-1-4-12(9-11)31-8-7-30-15(25)10-23-17(26)13-5-2-6-14(24(28)29)16(13)18(23)27/h1-6,9H,7-8,10H2. The van der Waals surface area contributed by atoms with Crippen LogP contribution in [-0.4, -0.2) is 46.5 Å². The van der Waals surface area contributed by atoms with E-state index in [0.717, 1.165) is 30.0 Å². The molecule has 0 spiro atoms. The van der Waals surface area contributed by atoms with Gasteiger partial charge in [-0.3, -0.25) is 29.4 Å². The summed E-state index contributed by atoms with van der Waals surface area (Å²) in [5, 5.41) is 11.1. The van der Waals surface area contributed by atoms with E-state index in [2.05, 4.69) is 0 Å². The van der Waals surface area contributed by atoms with Crippen LogP contribution in [0.5, 0.6) is 0 Å². The largest absolute Gasteiger partial charge is 0.463 e. The quantitative estimate of drug-likeness (QED) is 0.157. The van der Waals surface area contributed by atoms with Crippen LogP contribution in [0.2, 0.25) is 0 Å². The second-order valence-electron chi connectivity index (χ2n) is 6.25. The van der Waals surface area contributed by atoms with Crippen molar-refractivity contribution in [2.24, 2.45) is 0 Å². The molecule has 12 heteroatoms. The number of carbonyl (C=O) groups is 3. The Morgan fingerprint density at radius 1 is 1.13 bits per heavy atom. The first-order valence-corrected chi connectivity index (χ1v) is 9.67. The smallest absolute Gasteiger partial charge is 0.416 e. The van der Waals surface area contributed by atoms with Crippen LogP contribution < -0.4 is 0 Å². The summed E-state index contributed by atoms with van der Waals surface area (Å²) in [5.74, 6) is -2.61. The van der Waals surface area contributed by atoms with Crippen LogP contribution in [0.1, 0.15) is 26.3 Å². The van der Waals surface area contributed by atoms with Crippen molar-refractivity contribution in [3.63, 3.8) is 0 Å². The molecule has 0 aliphatic carbocycles. The molecule has 1 aliphatic heterocycles. The van der Waals surface area contributed by atoms with E-state index in [4.69, 9.17) is 4.74 Å². The lowest BCUT2D eigenvalue weighted by Gasteiger charge is -2.13. The zero-order valence-electron chi connectivity index (χ0n) is 15.5. The van der Waals surface area contributed by atoms with Gasteiger partial charge in [-0.15, -0.1) is 11.8 Å². The summed E-state index contributed by atoms with van der Waals surface area (Å²) < 4.78 is 43.1. The number of fused-ring (bicyclic) bond motifs is 1. The molecule has 8 nitrogen and oxygen atoms in total. The lowest BCUT2D eigenvalue weighted by atomic mass is 10.1. The number of esters is 1. The van der Waals surface area contributed by atoms with Gasteiger partial charge in [0.2, 0.25) is 0 Å². The summed E-state index contributed by atoms with van der Waals surface area (Å²) in [6, 6.07) is 8.24. The number of nitro groups is 1. The minimum atomic E-state index is -4.47. The Balaban J connectivity index is 1.54. The van der Waals surface area contributed by atoms with Gasteiger partial charge in [-0.1, -0.05) is 12.1 Å². The lowest BCUT2D eigenvalue weighted by molar-refractivity contribution is -0.385. The zero-order chi connectivity index (χ0) is 22.8. The molecule has 0 unspecified atom stereocenters. The molecule has 0 fully saturated rings. The molecule has 0 saturated heterocycles. The summed E-state index contributed by atoms with van der Waals surface area (Å²) in [4.78, 5) is 47.9. The van der Waals surface area contributed by atoms with Gasteiger partial charge >= 0.3 is 12.1 Å². The summed E-state index contributed by atoms with van der Waals surface area (Å²) in [5.41, 5.74) is -1.89. The third-order valence-electron chi connectivity index (χ3n) is 4.24. The van der Waals surface area contributed by atoms with Crippen molar-refractivity contribution in [2.45, 2.75) is 11.1 Å². The maximum atomic E-state index is 12.7. The molecule has 0 radical (unpaired) electrons. The maximum absolute atomic E-state index is 12.7. The summed E-state index contributed by atoms with van der Waals surface area (Å²) in [6.45, 7) is -0.916. The maximum Gasteiger partial charge on any atom is 0.416 e. The normalized spacial score (nSPS) is 13.3. The van der Waals surface area contributed by atoms with Crippen molar-refractivity contribution in [1.29, 1.82) is 0 Å². The van der Waals surface area contributed by atoms with Gasteiger partial charge in [-0.05, 0) is 24.3 Å². The van der Waals surface area contributed by atoms with Crippen molar-refractivity contribution < 1.29 is 37.2 Å². The van der Waals surface area contributed by atoms with Gasteiger partial charge in [-0.2, -0.15) is 13.2 Å². The molecule has 0 N–H and O–H groups in total. The number of nitrogens with zero attached hydrogens (tertiary/aromatic N) is 2. The number of nitro benzene ring substituents is 1. The monoisotopic (exact) mass is 454 g/mol. The molecule has 0 aromatic heterocycles. The first-order chi connectivity index (χ1) is 14.6. The minimum Gasteiger partial charge on any atom is -0.463 e. The molecular weight excluding hydrogens is 441 g/mol. The summed E-state index contributed by atoms with van der Waals surface area (Å²) in [6.07, 6.45) is -4.47. The number of halogens is 3. The van der Waals surface area contributed by atoms with Crippen molar-refractivity contribution in [3.05, 3.63) is 69.3 Å². The molecule has 162 valence electrons. The van der Waals surface area contributed by atoms with Gasteiger partial charge in [0, 0.05) is 16.7 Å². The highest BCUT2D eigenvalue weighted by molar-refractivity contribution is 7.99. The predicted octanol–water partition coefficient (Wildman–Crippen LogP) is 3.55. The number of carbonyl (C=O) groups excluding carboxylic acids is 3. The molecular formula is C19H13F3N2O6S. The highest BCUT2D eigenvalue weighted by Crippen LogP contribution is 2.32. The number of alkyl halides is 3. The lowest BCUT2D eigenvalue weighted by Crippen LogP contribution is -2.36. The van der Waals surface area contributed by atoms with E-state index in [9.17, 15) is 37.7 Å². The SMILES string of the molecule is O=C(CN1C(=O)c2cccc([N+](=O)[O-])c2C1=O)OCCSc1cccc(C(F)(F)F)c1. The molecule has 2 aromatic rings. The Bertz CT molecular complexity index is 1070. The Kier molecular flexibility index (Phi) is 6.29. The van der Waals surface area contributed by atoms with Crippen molar-refractivity contribution in [2.75, 3.05) is 18.9 Å². The van der Waals surface area contributed by atoms with E-state index in [0.29, 0.717) is 9.80 Å². The molecule has 1 heterocycles. The van der Waals surface area contributed by atoms with E-state index in [1.807, 2.05) is 0 Å². The zero-order valence-corrected chi connectivity index (χ0v) is 16.4. The van der Waals surface area contributed by atoms with E-state index in [1.54, 1.807) is 0 Å². The Labute approximate surface area is 177 Å². The van der Waals surface area contributed by atoms with Crippen molar-refractivity contribution in [3.8, 4) is 0 Å². The fraction of sp³-hybridized carbons (Fsp3) is 0.211. The number of hydrogen-bond donors (Lipinski definition) is 0. The van der Waals surface area contributed by atoms with E-state index in [-0.39, 0.29) is 23.5 Å². The highest BCUT2D eigenvalue weighted by atomic mass is 32.2. The van der Waals surface area contributed by atoms with Gasteiger partial charge in [0.05, 0.1) is 16.1 Å². The van der Waals surface area contributed by atoms with Gasteiger partial charge in [0.1, 0.15) is 18.7 Å². The molecule has 0 bridgehead atoms. The molecule has 0 saturated carbocycles. The Hall–Kier alpha value is -3.41. The average Bonchev–Trinajstić information content (AvgIpc) is 2.95. The third-order valence-corrected chi connectivity index (χ3v) is 5.20. The number of imide groups is 1. The molecule has 0 atom stereocenters. The van der Waals surface area contributed by atoms with Crippen LogP contribution in [0.3, 0.4) is 0 Å². The Morgan fingerprint density at radius 2 is 1.84 bits per heavy atom. The molecule has 2 amide bonds. The minimum absolute atomic E-state index is 0.140. The fourth-order valence-corrected chi connectivity index (χ4v) is 3.65. The highest BCUT2D eigenvalue weighted by Gasteiger charge is 2.41. The van der Waals surface area contributed by atoms with Crippen LogP contribution in [0.15, 0.2) is 47.4 Å². The van der Waals surface area contributed by atoms with Crippen molar-refractivity contribution in [1.82, 2.24) is 4.90 Å². The third kappa shape index (κ3) is 4.85. The van der Waals surface area contributed by atoms with Crippen LogP contribution in [0, 0.1) is 10.1 Å². The van der Waals surface area contributed by atoms with E-state index < -0.39 is 46.7 Å². The van der Waals surface area contributed by atoms with Gasteiger partial charge in [0.15, 0.2) is 0 Å². The number of rotatable bonds is 7. The fourth-order valence-electron chi connectivity index (χ4n) is 2.86. The Morgan fingerprint density at radius 3 is 2.52 bits per heavy atom. The van der Waals surface area contributed by atoms with Crippen LogP contribution in [-0.2, 0) is 15.7 Å². The van der Waals surface area contributed by atoms with Gasteiger partial charge in [-0.25, -0.2) is 0 Å². The van der Waals surface area contributed by atoms with E-state index >= 15 is 0 Å². The molecule has 2 aromatic carbocycles. The van der Waals surface area contributed by atoms with Crippen LogP contribution in [0.4, 0.5) is 18.9 Å². The van der Waals surface area contributed by atoms with Crippen LogP contribution in [0.25, 0.3) is 0 Å².